The van der Waals surface area contributed by atoms with Gasteiger partial charge in [0.25, 0.3) is 0 Å². The third-order valence-electron chi connectivity index (χ3n) is 2.83. The van der Waals surface area contributed by atoms with Crippen LogP contribution in [0.1, 0.15) is 36.7 Å². The van der Waals surface area contributed by atoms with Gasteiger partial charge in [0.15, 0.2) is 0 Å². The maximum absolute atomic E-state index is 11.3. The Labute approximate surface area is 114 Å². The monoisotopic (exact) mass is 307 g/mol. The third-order valence-corrected chi connectivity index (χ3v) is 3.47. The summed E-state index contributed by atoms with van der Waals surface area (Å²) in [6.45, 7) is 6.03. The Balaban J connectivity index is 2.95. The number of carbonyl (C=O) groups is 1. The highest BCUT2D eigenvalue weighted by atomic mass is 79.9. The van der Waals surface area contributed by atoms with E-state index in [0.717, 1.165) is 20.9 Å². The maximum atomic E-state index is 11.3. The molecule has 0 amide bonds. The molecule has 1 N–H and O–H groups in total. The van der Waals surface area contributed by atoms with Crippen LogP contribution in [0, 0.1) is 0 Å². The molecule has 0 fully saturated rings. The normalized spacial score (nSPS) is 11.8. The van der Waals surface area contributed by atoms with Gasteiger partial charge < -0.3 is 5.11 Å². The summed E-state index contributed by atoms with van der Waals surface area (Å²) in [7, 11) is 0. The van der Waals surface area contributed by atoms with Crippen molar-refractivity contribution in [1.82, 2.24) is 4.98 Å². The van der Waals surface area contributed by atoms with Crippen LogP contribution in [0.4, 0.5) is 0 Å². The van der Waals surface area contributed by atoms with Crippen LogP contribution in [-0.2, 0) is 5.41 Å². The van der Waals surface area contributed by atoms with Crippen molar-refractivity contribution in [3.8, 4) is 0 Å². The van der Waals surface area contributed by atoms with Gasteiger partial charge in [0, 0.05) is 16.1 Å². The summed E-state index contributed by atoms with van der Waals surface area (Å²) >= 11 is 3.45. The molecule has 1 aromatic carbocycles. The topological polar surface area (TPSA) is 50.2 Å². The fourth-order valence-corrected chi connectivity index (χ4v) is 2.63. The lowest BCUT2D eigenvalue weighted by Crippen LogP contribution is -2.18. The summed E-state index contributed by atoms with van der Waals surface area (Å²) in [5.41, 5.74) is 1.64. The summed E-state index contributed by atoms with van der Waals surface area (Å²) in [5, 5.41) is 10.2. The van der Waals surface area contributed by atoms with Gasteiger partial charge in [-0.2, -0.15) is 0 Å². The number of carboxylic acid groups (broad SMARTS) is 1. The Morgan fingerprint density at radius 2 is 2.00 bits per heavy atom. The van der Waals surface area contributed by atoms with E-state index in [0.29, 0.717) is 0 Å². The molecule has 1 aromatic heterocycles. The number of pyridine rings is 1. The molecule has 0 aliphatic carbocycles. The highest BCUT2D eigenvalue weighted by Crippen LogP contribution is 2.34. The number of aromatic nitrogens is 1. The van der Waals surface area contributed by atoms with Crippen molar-refractivity contribution in [3.63, 3.8) is 0 Å². The van der Waals surface area contributed by atoms with Crippen LogP contribution in [-0.4, -0.2) is 16.1 Å². The number of hydrogen-bond donors (Lipinski definition) is 1. The molecular weight excluding hydrogens is 294 g/mol. The highest BCUT2D eigenvalue weighted by Gasteiger charge is 2.25. The first-order valence-electron chi connectivity index (χ1n) is 5.63. The first kappa shape index (κ1) is 13.0. The van der Waals surface area contributed by atoms with Crippen molar-refractivity contribution in [2.45, 2.75) is 26.2 Å². The van der Waals surface area contributed by atoms with Crippen LogP contribution in [0.5, 0.6) is 0 Å². The standard InChI is InChI=1S/C14H14BrNO2/c1-14(2,3)11-8-5-4-6-10(15)12(8)16-7-9(11)13(17)18/h4-7H,1-3H3,(H,17,18). The van der Waals surface area contributed by atoms with Gasteiger partial charge in [-0.1, -0.05) is 32.9 Å². The number of fused-ring (bicyclic) bond motifs is 1. The Hall–Kier alpha value is -1.42. The number of aromatic carboxylic acids is 1. The molecule has 0 spiro atoms. The molecule has 0 aliphatic rings. The largest absolute Gasteiger partial charge is 0.478 e. The van der Waals surface area contributed by atoms with Crippen LogP contribution in [0.3, 0.4) is 0 Å². The molecule has 0 bridgehead atoms. The molecule has 0 radical (unpaired) electrons. The summed E-state index contributed by atoms with van der Waals surface area (Å²) in [4.78, 5) is 15.6. The minimum Gasteiger partial charge on any atom is -0.478 e. The molecular formula is C14H14BrNO2. The molecule has 4 heteroatoms. The zero-order valence-electron chi connectivity index (χ0n) is 10.5. The molecule has 2 rings (SSSR count). The third kappa shape index (κ3) is 2.12. The lowest BCUT2D eigenvalue weighted by atomic mass is 9.82. The number of hydrogen-bond acceptors (Lipinski definition) is 2. The molecule has 0 saturated heterocycles. The minimum absolute atomic E-state index is 0.254. The SMILES string of the molecule is CC(C)(C)c1c(C(=O)O)cnc2c(Br)cccc12. The smallest absolute Gasteiger partial charge is 0.337 e. The van der Waals surface area contributed by atoms with E-state index >= 15 is 0 Å². The number of benzene rings is 1. The van der Waals surface area contributed by atoms with E-state index in [2.05, 4.69) is 20.9 Å². The second kappa shape index (κ2) is 4.35. The number of para-hydroxylation sites is 1. The molecule has 3 nitrogen and oxygen atoms in total. The average molecular weight is 308 g/mol. The second-order valence-corrected chi connectivity index (χ2v) is 6.09. The van der Waals surface area contributed by atoms with E-state index in [-0.39, 0.29) is 11.0 Å². The number of rotatable bonds is 1. The zero-order chi connectivity index (χ0) is 13.5. The van der Waals surface area contributed by atoms with E-state index in [9.17, 15) is 9.90 Å². The van der Waals surface area contributed by atoms with E-state index in [1.54, 1.807) is 0 Å². The predicted octanol–water partition coefficient (Wildman–Crippen LogP) is 3.99. The fourth-order valence-electron chi connectivity index (χ4n) is 2.16. The van der Waals surface area contributed by atoms with Gasteiger partial charge >= 0.3 is 5.97 Å². The van der Waals surface area contributed by atoms with E-state index in [4.69, 9.17) is 0 Å². The highest BCUT2D eigenvalue weighted by molar-refractivity contribution is 9.10. The molecule has 0 saturated carbocycles. The number of carboxylic acids is 1. The van der Waals surface area contributed by atoms with Crippen LogP contribution < -0.4 is 0 Å². The maximum Gasteiger partial charge on any atom is 0.337 e. The summed E-state index contributed by atoms with van der Waals surface area (Å²) in [6, 6.07) is 5.72. The Morgan fingerprint density at radius 3 is 2.56 bits per heavy atom. The van der Waals surface area contributed by atoms with Crippen molar-refractivity contribution < 1.29 is 9.90 Å². The summed E-state index contributed by atoms with van der Waals surface area (Å²) in [6.07, 6.45) is 1.44. The molecule has 0 atom stereocenters. The molecule has 0 aliphatic heterocycles. The van der Waals surface area contributed by atoms with E-state index in [1.807, 2.05) is 39.0 Å². The lowest BCUT2D eigenvalue weighted by molar-refractivity contribution is 0.0694. The fraction of sp³-hybridized carbons (Fsp3) is 0.286. The quantitative estimate of drug-likeness (QED) is 0.866. The Bertz CT molecular complexity index is 629. The van der Waals surface area contributed by atoms with E-state index in [1.165, 1.54) is 6.20 Å². The predicted molar refractivity (Wildman–Crippen MR) is 75.1 cm³/mol. The zero-order valence-corrected chi connectivity index (χ0v) is 12.1. The molecule has 94 valence electrons. The summed E-state index contributed by atoms with van der Waals surface area (Å²) < 4.78 is 0.877. The Kier molecular flexibility index (Phi) is 3.15. The van der Waals surface area contributed by atoms with Gasteiger partial charge in [-0.15, -0.1) is 0 Å². The van der Waals surface area contributed by atoms with Crippen LogP contribution in [0.2, 0.25) is 0 Å². The van der Waals surface area contributed by atoms with Crippen molar-refractivity contribution in [3.05, 3.63) is 40.0 Å². The molecule has 18 heavy (non-hydrogen) atoms. The Morgan fingerprint density at radius 1 is 1.33 bits per heavy atom. The van der Waals surface area contributed by atoms with Crippen molar-refractivity contribution in [1.29, 1.82) is 0 Å². The number of halogens is 1. The van der Waals surface area contributed by atoms with Crippen LogP contribution in [0.25, 0.3) is 10.9 Å². The van der Waals surface area contributed by atoms with Crippen molar-refractivity contribution in [2.24, 2.45) is 0 Å². The van der Waals surface area contributed by atoms with Crippen LogP contribution in [0.15, 0.2) is 28.9 Å². The molecule has 2 aromatic rings. The van der Waals surface area contributed by atoms with Crippen LogP contribution >= 0.6 is 15.9 Å². The second-order valence-electron chi connectivity index (χ2n) is 5.24. The average Bonchev–Trinajstić information content (AvgIpc) is 2.26. The first-order chi connectivity index (χ1) is 8.32. The van der Waals surface area contributed by atoms with Gasteiger partial charge in [0.2, 0.25) is 0 Å². The number of nitrogens with zero attached hydrogens (tertiary/aromatic N) is 1. The minimum atomic E-state index is -0.936. The van der Waals surface area contributed by atoms with Gasteiger partial charge in [-0.25, -0.2) is 4.79 Å². The van der Waals surface area contributed by atoms with Crippen molar-refractivity contribution in [2.75, 3.05) is 0 Å². The van der Waals surface area contributed by atoms with Gasteiger partial charge in [-0.05, 0) is 33.0 Å². The van der Waals surface area contributed by atoms with Gasteiger partial charge in [-0.3, -0.25) is 4.98 Å². The lowest BCUT2D eigenvalue weighted by Gasteiger charge is -2.23. The van der Waals surface area contributed by atoms with E-state index < -0.39 is 5.97 Å². The first-order valence-corrected chi connectivity index (χ1v) is 6.42. The van der Waals surface area contributed by atoms with Gasteiger partial charge in [0.1, 0.15) is 0 Å². The summed E-state index contributed by atoms with van der Waals surface area (Å²) in [5.74, 6) is -0.936. The molecule has 1 heterocycles. The van der Waals surface area contributed by atoms with Crippen molar-refractivity contribution >= 4 is 32.8 Å². The molecule has 0 unspecified atom stereocenters. The van der Waals surface area contributed by atoms with Gasteiger partial charge in [0.05, 0.1) is 11.1 Å².